The number of para-hydroxylation sites is 1. The first-order valence-corrected chi connectivity index (χ1v) is 8.75. The number of hydrogen-bond acceptors (Lipinski definition) is 4. The molecule has 2 aromatic rings. The zero-order valence-electron chi connectivity index (χ0n) is 16.0. The van der Waals surface area contributed by atoms with Crippen LogP contribution in [-0.2, 0) is 0 Å². The van der Waals surface area contributed by atoms with Gasteiger partial charge in [-0.05, 0) is 37.3 Å². The molecule has 1 aromatic heterocycles. The van der Waals surface area contributed by atoms with Gasteiger partial charge in [-0.1, -0.05) is 45.9 Å². The Morgan fingerprint density at radius 1 is 1.28 bits per heavy atom. The molecule has 1 amide bonds. The maximum atomic E-state index is 12.6. The molecular formula is C19H29N5O. The molecule has 0 saturated carbocycles. The van der Waals surface area contributed by atoms with E-state index in [0.29, 0.717) is 18.3 Å². The highest BCUT2D eigenvalue weighted by atomic mass is 16.2. The highest BCUT2D eigenvalue weighted by Crippen LogP contribution is 2.23. The third-order valence-corrected chi connectivity index (χ3v) is 4.86. The normalized spacial score (nSPS) is 14.0. The van der Waals surface area contributed by atoms with Crippen molar-refractivity contribution in [3.63, 3.8) is 0 Å². The Bertz CT molecular complexity index is 750. The molecule has 0 saturated heterocycles. The first kappa shape index (κ1) is 19.1. The monoisotopic (exact) mass is 343 g/mol. The van der Waals surface area contributed by atoms with Gasteiger partial charge in [0.1, 0.15) is 5.82 Å². The Labute approximate surface area is 149 Å². The van der Waals surface area contributed by atoms with Gasteiger partial charge >= 0.3 is 0 Å². The molecule has 1 heterocycles. The molecule has 0 radical (unpaired) electrons. The van der Waals surface area contributed by atoms with Gasteiger partial charge < -0.3 is 11.1 Å². The van der Waals surface area contributed by atoms with Gasteiger partial charge in [-0.15, -0.1) is 5.10 Å². The molecule has 2 rings (SSSR count). The van der Waals surface area contributed by atoms with Crippen molar-refractivity contribution in [2.75, 3.05) is 6.54 Å². The topological polar surface area (TPSA) is 85.8 Å². The molecule has 1 unspecified atom stereocenters. The summed E-state index contributed by atoms with van der Waals surface area (Å²) in [5.74, 6) is 1.09. The minimum Gasteiger partial charge on any atom is -0.343 e. The fourth-order valence-electron chi connectivity index (χ4n) is 2.63. The van der Waals surface area contributed by atoms with E-state index in [1.165, 1.54) is 0 Å². The van der Waals surface area contributed by atoms with Crippen LogP contribution < -0.4 is 11.1 Å². The first-order chi connectivity index (χ1) is 11.7. The number of nitrogens with two attached hydrogens (primary N) is 1. The smallest absolute Gasteiger partial charge is 0.291 e. The number of rotatable bonds is 6. The lowest BCUT2D eigenvalue weighted by Gasteiger charge is -2.33. The average Bonchev–Trinajstić information content (AvgIpc) is 2.96. The van der Waals surface area contributed by atoms with E-state index in [0.717, 1.165) is 11.3 Å². The van der Waals surface area contributed by atoms with Crippen LogP contribution in [0.2, 0.25) is 0 Å². The van der Waals surface area contributed by atoms with Crippen LogP contribution in [0.3, 0.4) is 0 Å². The van der Waals surface area contributed by atoms with E-state index >= 15 is 0 Å². The second-order valence-electron chi connectivity index (χ2n) is 7.34. The summed E-state index contributed by atoms with van der Waals surface area (Å²) in [5.41, 5.74) is 7.47. The molecule has 6 nitrogen and oxygen atoms in total. The Morgan fingerprint density at radius 3 is 2.48 bits per heavy atom. The van der Waals surface area contributed by atoms with E-state index in [2.05, 4.69) is 35.3 Å². The lowest BCUT2D eigenvalue weighted by Crippen LogP contribution is -2.55. The molecule has 0 aliphatic carbocycles. The van der Waals surface area contributed by atoms with Crippen molar-refractivity contribution in [3.8, 4) is 5.69 Å². The summed E-state index contributed by atoms with van der Waals surface area (Å²) in [4.78, 5) is 17.0. The zero-order valence-corrected chi connectivity index (χ0v) is 16.0. The predicted molar refractivity (Wildman–Crippen MR) is 99.9 cm³/mol. The average molecular weight is 343 g/mol. The molecule has 0 fully saturated rings. The minimum absolute atomic E-state index is 0.163. The SMILES string of the molecule is Cc1nc(C(=O)NC(C)(CN)C(C)C)nn1-c1ccccc1C(C)C. The highest BCUT2D eigenvalue weighted by molar-refractivity contribution is 5.91. The largest absolute Gasteiger partial charge is 0.343 e. The van der Waals surface area contributed by atoms with Crippen LogP contribution in [0.25, 0.3) is 5.69 Å². The first-order valence-electron chi connectivity index (χ1n) is 8.75. The number of carbonyl (C=O) groups is 1. The number of benzene rings is 1. The van der Waals surface area contributed by atoms with Crippen molar-refractivity contribution in [1.82, 2.24) is 20.1 Å². The van der Waals surface area contributed by atoms with Crippen LogP contribution in [-0.4, -0.2) is 32.8 Å². The van der Waals surface area contributed by atoms with E-state index in [9.17, 15) is 4.79 Å². The number of nitrogens with one attached hydrogen (secondary N) is 1. The second kappa shape index (κ2) is 7.35. The molecule has 0 aliphatic heterocycles. The van der Waals surface area contributed by atoms with E-state index in [1.807, 2.05) is 45.9 Å². The quantitative estimate of drug-likeness (QED) is 0.844. The van der Waals surface area contributed by atoms with Gasteiger partial charge in [-0.25, -0.2) is 9.67 Å². The Balaban J connectivity index is 2.37. The minimum atomic E-state index is -0.494. The lowest BCUT2D eigenvalue weighted by atomic mass is 9.88. The number of aryl methyl sites for hydroxylation is 1. The van der Waals surface area contributed by atoms with Gasteiger partial charge in [0.2, 0.25) is 5.82 Å². The molecule has 25 heavy (non-hydrogen) atoms. The van der Waals surface area contributed by atoms with E-state index < -0.39 is 5.54 Å². The molecule has 0 aliphatic rings. The van der Waals surface area contributed by atoms with Gasteiger partial charge in [-0.3, -0.25) is 4.79 Å². The molecular weight excluding hydrogens is 314 g/mol. The number of nitrogens with zero attached hydrogens (tertiary/aromatic N) is 3. The summed E-state index contributed by atoms with van der Waals surface area (Å²) >= 11 is 0. The zero-order chi connectivity index (χ0) is 18.8. The van der Waals surface area contributed by atoms with Crippen LogP contribution in [0.4, 0.5) is 0 Å². The van der Waals surface area contributed by atoms with Crippen LogP contribution in [0, 0.1) is 12.8 Å². The maximum absolute atomic E-state index is 12.6. The van der Waals surface area contributed by atoms with E-state index in [4.69, 9.17) is 5.73 Å². The van der Waals surface area contributed by atoms with Gasteiger partial charge in [0.25, 0.3) is 5.91 Å². The van der Waals surface area contributed by atoms with Gasteiger partial charge in [0.05, 0.1) is 11.2 Å². The van der Waals surface area contributed by atoms with Crippen LogP contribution in [0.1, 0.15) is 62.5 Å². The molecule has 3 N–H and O–H groups in total. The Kier molecular flexibility index (Phi) is 5.62. The summed E-state index contributed by atoms with van der Waals surface area (Å²) < 4.78 is 1.74. The number of aromatic nitrogens is 3. The van der Waals surface area contributed by atoms with Crippen molar-refractivity contribution in [2.45, 2.75) is 53.0 Å². The summed E-state index contributed by atoms with van der Waals surface area (Å²) in [5, 5.41) is 7.44. The number of amides is 1. The van der Waals surface area contributed by atoms with Crippen LogP contribution >= 0.6 is 0 Å². The van der Waals surface area contributed by atoms with Gasteiger partial charge in [-0.2, -0.15) is 0 Å². The van der Waals surface area contributed by atoms with Crippen molar-refractivity contribution >= 4 is 5.91 Å². The molecule has 136 valence electrons. The molecule has 6 heteroatoms. The summed E-state index contributed by atoms with van der Waals surface area (Å²) in [6.45, 7) is 12.5. The number of hydrogen-bond donors (Lipinski definition) is 2. The van der Waals surface area contributed by atoms with E-state index in [1.54, 1.807) is 4.68 Å². The predicted octanol–water partition coefficient (Wildman–Crippen LogP) is 2.80. The van der Waals surface area contributed by atoms with Crippen molar-refractivity contribution in [2.24, 2.45) is 11.7 Å². The standard InChI is InChI=1S/C19H29N5O/c1-12(2)15-9-7-8-10-16(15)24-14(5)21-17(23-24)18(25)22-19(6,11-20)13(3)4/h7-10,12-13H,11,20H2,1-6H3,(H,22,25). The third-order valence-electron chi connectivity index (χ3n) is 4.86. The Hall–Kier alpha value is -2.21. The third kappa shape index (κ3) is 3.90. The molecule has 0 spiro atoms. The van der Waals surface area contributed by atoms with Crippen molar-refractivity contribution in [3.05, 3.63) is 41.5 Å². The number of carbonyl (C=O) groups excluding carboxylic acids is 1. The van der Waals surface area contributed by atoms with Crippen LogP contribution in [0.15, 0.2) is 24.3 Å². The van der Waals surface area contributed by atoms with Gasteiger partial charge in [0, 0.05) is 6.54 Å². The highest BCUT2D eigenvalue weighted by Gasteiger charge is 2.30. The fraction of sp³-hybridized carbons (Fsp3) is 0.526. The van der Waals surface area contributed by atoms with Crippen LogP contribution in [0.5, 0.6) is 0 Å². The molecule has 0 bridgehead atoms. The molecule has 1 atom stereocenters. The second-order valence-corrected chi connectivity index (χ2v) is 7.34. The van der Waals surface area contributed by atoms with Gasteiger partial charge in [0.15, 0.2) is 0 Å². The summed E-state index contributed by atoms with van der Waals surface area (Å²) in [6.07, 6.45) is 0. The van der Waals surface area contributed by atoms with Crippen molar-refractivity contribution in [1.29, 1.82) is 0 Å². The van der Waals surface area contributed by atoms with Crippen molar-refractivity contribution < 1.29 is 4.79 Å². The summed E-state index contributed by atoms with van der Waals surface area (Å²) in [7, 11) is 0. The lowest BCUT2D eigenvalue weighted by molar-refractivity contribution is 0.0872. The summed E-state index contributed by atoms with van der Waals surface area (Å²) in [6, 6.07) is 8.04. The fourth-order valence-corrected chi connectivity index (χ4v) is 2.63. The molecule has 1 aromatic carbocycles. The maximum Gasteiger partial charge on any atom is 0.291 e. The van der Waals surface area contributed by atoms with E-state index in [-0.39, 0.29) is 17.6 Å². The Morgan fingerprint density at radius 2 is 1.92 bits per heavy atom.